The van der Waals surface area contributed by atoms with Crippen LogP contribution in [0.1, 0.15) is 12.0 Å². The smallest absolute Gasteiger partial charge is 0.338 e. The summed E-state index contributed by atoms with van der Waals surface area (Å²) < 4.78 is 37.9. The molecule has 0 spiro atoms. The summed E-state index contributed by atoms with van der Waals surface area (Å²) in [5, 5.41) is 0.572. The average molecular weight is 400 g/mol. The second kappa shape index (κ2) is 6.95. The third-order valence-corrected chi connectivity index (χ3v) is 5.07. The Morgan fingerprint density at radius 2 is 2.00 bits per heavy atom. The molecule has 0 saturated carbocycles. The molecule has 2 aromatic heterocycles. The molecule has 29 heavy (non-hydrogen) atoms. The lowest BCUT2D eigenvalue weighted by atomic mass is 9.99. The molecule has 8 heteroatoms. The molecule has 0 N–H and O–H groups in total. The quantitative estimate of drug-likeness (QED) is 0.626. The zero-order valence-corrected chi connectivity index (χ0v) is 15.8. The largest absolute Gasteiger partial charge is 0.467 e. The van der Waals surface area contributed by atoms with Gasteiger partial charge in [-0.15, -0.1) is 0 Å². The number of alkyl halides is 2. The summed E-state index contributed by atoms with van der Waals surface area (Å²) >= 11 is 0. The summed E-state index contributed by atoms with van der Waals surface area (Å²) in [5.41, 5.74) is 1.88. The number of nitrogens with zero attached hydrogens (tertiary/aromatic N) is 2. The Labute approximate surface area is 164 Å². The van der Waals surface area contributed by atoms with Gasteiger partial charge in [-0.05, 0) is 30.2 Å². The monoisotopic (exact) mass is 400 g/mol. The van der Waals surface area contributed by atoms with Crippen LogP contribution in [0.25, 0.3) is 22.2 Å². The van der Waals surface area contributed by atoms with Crippen LogP contribution < -0.4 is 10.5 Å². The number of esters is 1. The maximum Gasteiger partial charge on any atom is 0.338 e. The molecule has 3 aromatic rings. The first kappa shape index (κ1) is 19.0. The molecular formula is C21H18F2N2O4. The fraction of sp³-hybridized carbons (Fsp3) is 0.286. The molecule has 0 bridgehead atoms. The van der Waals surface area contributed by atoms with Crippen molar-refractivity contribution in [1.29, 1.82) is 0 Å². The molecule has 4 rings (SSSR count). The molecule has 3 heterocycles. The highest BCUT2D eigenvalue weighted by atomic mass is 19.3. The van der Waals surface area contributed by atoms with E-state index in [0.717, 1.165) is 18.2 Å². The number of ether oxygens (including phenoxy) is 1. The van der Waals surface area contributed by atoms with E-state index in [4.69, 9.17) is 4.42 Å². The fourth-order valence-electron chi connectivity index (χ4n) is 3.70. The topological polar surface area (TPSA) is 72.6 Å². The summed E-state index contributed by atoms with van der Waals surface area (Å²) in [6, 6.07) is 11.0. The van der Waals surface area contributed by atoms with Crippen molar-refractivity contribution in [3.63, 3.8) is 0 Å². The van der Waals surface area contributed by atoms with Gasteiger partial charge in [0.15, 0.2) is 0 Å². The highest BCUT2D eigenvalue weighted by Crippen LogP contribution is 2.37. The zero-order valence-electron chi connectivity index (χ0n) is 15.8. The molecule has 1 fully saturated rings. The minimum atomic E-state index is -3.06. The number of halogens is 2. The molecule has 0 aliphatic carbocycles. The van der Waals surface area contributed by atoms with E-state index in [-0.39, 0.29) is 11.5 Å². The van der Waals surface area contributed by atoms with Gasteiger partial charge in [-0.3, -0.25) is 0 Å². The van der Waals surface area contributed by atoms with E-state index in [1.165, 1.54) is 11.0 Å². The summed E-state index contributed by atoms with van der Waals surface area (Å²) in [4.78, 5) is 29.6. The molecule has 1 aliphatic rings. The van der Waals surface area contributed by atoms with Gasteiger partial charge in [0.05, 0.1) is 13.7 Å². The van der Waals surface area contributed by atoms with E-state index in [9.17, 15) is 18.4 Å². The number of rotatable bonds is 3. The summed E-state index contributed by atoms with van der Waals surface area (Å²) in [5.74, 6) is -3.70. The van der Waals surface area contributed by atoms with Crippen LogP contribution in [0, 0.1) is 6.92 Å². The number of methoxy groups -OCH3 is 1. The Bertz CT molecular complexity index is 1160. The van der Waals surface area contributed by atoms with Crippen molar-refractivity contribution in [2.75, 3.05) is 18.6 Å². The predicted molar refractivity (Wildman–Crippen MR) is 103 cm³/mol. The molecule has 0 radical (unpaired) electrons. The number of hydrogen-bond acceptors (Lipinski definition) is 6. The number of benzene rings is 1. The van der Waals surface area contributed by atoms with Crippen molar-refractivity contribution in [3.05, 3.63) is 58.4 Å². The predicted octanol–water partition coefficient (Wildman–Crippen LogP) is 3.55. The van der Waals surface area contributed by atoms with Gasteiger partial charge in [0.2, 0.25) is 5.71 Å². The molecule has 0 unspecified atom stereocenters. The van der Waals surface area contributed by atoms with Crippen LogP contribution in [-0.2, 0) is 9.53 Å². The SMILES string of the molecule is COC(=O)[C@@H]1CC(F)(F)CN1c1ccc2c(-c3ccccc3C)cc(=O)oc2n1. The van der Waals surface area contributed by atoms with Gasteiger partial charge >= 0.3 is 11.6 Å². The Balaban J connectivity index is 1.84. The number of fused-ring (bicyclic) bond motifs is 1. The zero-order chi connectivity index (χ0) is 20.8. The van der Waals surface area contributed by atoms with E-state index >= 15 is 0 Å². The van der Waals surface area contributed by atoms with Gasteiger partial charge in [-0.1, -0.05) is 24.3 Å². The van der Waals surface area contributed by atoms with Crippen LogP contribution in [0.2, 0.25) is 0 Å². The lowest BCUT2D eigenvalue weighted by Crippen LogP contribution is -2.37. The lowest BCUT2D eigenvalue weighted by molar-refractivity contribution is -0.142. The van der Waals surface area contributed by atoms with Crippen LogP contribution in [0.4, 0.5) is 14.6 Å². The third kappa shape index (κ3) is 3.46. The standard InChI is InChI=1S/C21H18F2N2O4/c1-12-5-3-4-6-13(12)15-9-18(26)29-19-14(15)7-8-17(24-19)25-11-21(22,23)10-16(25)20(27)28-2/h3-9,16H,10-11H2,1-2H3/t16-/m0/s1. The molecule has 1 atom stereocenters. The first-order chi connectivity index (χ1) is 13.8. The maximum absolute atomic E-state index is 14.0. The Morgan fingerprint density at radius 1 is 1.24 bits per heavy atom. The molecule has 1 saturated heterocycles. The van der Waals surface area contributed by atoms with E-state index in [1.807, 2.05) is 31.2 Å². The van der Waals surface area contributed by atoms with Crippen molar-refractivity contribution in [3.8, 4) is 11.1 Å². The number of carbonyl (C=O) groups is 1. The maximum atomic E-state index is 14.0. The molecular weight excluding hydrogens is 382 g/mol. The van der Waals surface area contributed by atoms with Gasteiger partial charge in [-0.25, -0.2) is 18.4 Å². The molecule has 150 valence electrons. The van der Waals surface area contributed by atoms with Crippen LogP contribution in [0.5, 0.6) is 0 Å². The number of pyridine rings is 1. The van der Waals surface area contributed by atoms with Gasteiger partial charge in [0, 0.05) is 23.4 Å². The van der Waals surface area contributed by atoms with Crippen molar-refractivity contribution in [2.24, 2.45) is 0 Å². The normalized spacial score (nSPS) is 18.2. The molecule has 1 aromatic carbocycles. The summed E-state index contributed by atoms with van der Waals surface area (Å²) in [6.45, 7) is 1.25. The first-order valence-corrected chi connectivity index (χ1v) is 9.02. The van der Waals surface area contributed by atoms with E-state index in [0.29, 0.717) is 10.9 Å². The molecule has 1 aliphatic heterocycles. The summed E-state index contributed by atoms with van der Waals surface area (Å²) in [6.07, 6.45) is -0.660. The van der Waals surface area contributed by atoms with Gasteiger partial charge in [-0.2, -0.15) is 4.98 Å². The van der Waals surface area contributed by atoms with Crippen molar-refractivity contribution < 1.29 is 22.7 Å². The number of aryl methyl sites for hydroxylation is 1. The van der Waals surface area contributed by atoms with E-state index in [2.05, 4.69) is 9.72 Å². The first-order valence-electron chi connectivity index (χ1n) is 9.02. The van der Waals surface area contributed by atoms with E-state index in [1.54, 1.807) is 12.1 Å². The van der Waals surface area contributed by atoms with Gasteiger partial charge in [0.1, 0.15) is 11.9 Å². The second-order valence-corrected chi connectivity index (χ2v) is 7.04. The number of hydrogen-bond donors (Lipinski definition) is 0. The lowest BCUT2D eigenvalue weighted by Gasteiger charge is -2.23. The minimum Gasteiger partial charge on any atom is -0.467 e. The molecule has 0 amide bonds. The fourth-order valence-corrected chi connectivity index (χ4v) is 3.70. The minimum absolute atomic E-state index is 0.0204. The highest BCUT2D eigenvalue weighted by molar-refractivity contribution is 5.93. The van der Waals surface area contributed by atoms with Crippen LogP contribution in [0.3, 0.4) is 0 Å². The van der Waals surface area contributed by atoms with Crippen LogP contribution in [-0.4, -0.2) is 36.6 Å². The molecule has 6 nitrogen and oxygen atoms in total. The second-order valence-electron chi connectivity index (χ2n) is 7.04. The van der Waals surface area contributed by atoms with Gasteiger partial charge < -0.3 is 14.1 Å². The van der Waals surface area contributed by atoms with E-state index < -0.39 is 36.5 Å². The van der Waals surface area contributed by atoms with Crippen molar-refractivity contribution >= 4 is 22.9 Å². The van der Waals surface area contributed by atoms with Crippen molar-refractivity contribution in [1.82, 2.24) is 4.98 Å². The number of aromatic nitrogens is 1. The van der Waals surface area contributed by atoms with Crippen LogP contribution in [0.15, 0.2) is 51.7 Å². The Hall–Kier alpha value is -3.29. The Morgan fingerprint density at radius 3 is 2.72 bits per heavy atom. The number of carbonyl (C=O) groups excluding carboxylic acids is 1. The third-order valence-electron chi connectivity index (χ3n) is 5.07. The highest BCUT2D eigenvalue weighted by Gasteiger charge is 2.49. The van der Waals surface area contributed by atoms with Crippen LogP contribution >= 0.6 is 0 Å². The summed E-state index contributed by atoms with van der Waals surface area (Å²) in [7, 11) is 1.15. The van der Waals surface area contributed by atoms with Crippen molar-refractivity contribution in [2.45, 2.75) is 25.3 Å². The Kier molecular flexibility index (Phi) is 4.56. The van der Waals surface area contributed by atoms with Gasteiger partial charge in [0.25, 0.3) is 5.92 Å². The average Bonchev–Trinajstić information content (AvgIpc) is 3.02. The number of anilines is 1.